The van der Waals surface area contributed by atoms with Crippen LogP contribution >= 0.6 is 0 Å². The number of hydroxylamine groups is 2. The van der Waals surface area contributed by atoms with Crippen molar-refractivity contribution < 1.29 is 40.9 Å². The Hall–Kier alpha value is -2.16. The van der Waals surface area contributed by atoms with Gasteiger partial charge in [0.1, 0.15) is 6.04 Å². The van der Waals surface area contributed by atoms with Gasteiger partial charge in [0.15, 0.2) is 0 Å². The van der Waals surface area contributed by atoms with Crippen molar-refractivity contribution in [2.24, 2.45) is 0 Å². The number of methoxy groups -OCH3 is 1. The van der Waals surface area contributed by atoms with E-state index in [0.29, 0.717) is 5.06 Å². The summed E-state index contributed by atoms with van der Waals surface area (Å²) in [6.07, 6.45) is 10.7. The summed E-state index contributed by atoms with van der Waals surface area (Å²) in [4.78, 5) is 35.9. The first-order valence-electron chi connectivity index (χ1n) is 14.2. The Morgan fingerprint density at radius 3 is 1.82 bits per heavy atom. The van der Waals surface area contributed by atoms with E-state index < -0.39 is 40.5 Å². The molecular weight excluding hydrogens is 530 g/mol. The van der Waals surface area contributed by atoms with E-state index in [-0.39, 0.29) is 19.4 Å². The zero-order valence-corrected chi connectivity index (χ0v) is 25.1. The molecule has 39 heavy (non-hydrogen) atoms. The molecule has 2 saturated heterocycles. The van der Waals surface area contributed by atoms with Crippen LogP contribution in [0.2, 0.25) is 0 Å². The number of urea groups is 1. The minimum atomic E-state index is -4.84. The number of hydrazine groups is 1. The van der Waals surface area contributed by atoms with Gasteiger partial charge in [-0.25, -0.2) is 15.0 Å². The van der Waals surface area contributed by atoms with Crippen LogP contribution < -0.4 is 10.9 Å². The first-order chi connectivity index (χ1) is 18.5. The van der Waals surface area contributed by atoms with E-state index in [1.807, 2.05) is 5.43 Å². The summed E-state index contributed by atoms with van der Waals surface area (Å²) < 4.78 is 40.0. The molecule has 228 valence electrons. The molecule has 0 unspecified atom stereocenters. The zero-order valence-electron chi connectivity index (χ0n) is 24.3. The molecule has 0 spiro atoms. The van der Waals surface area contributed by atoms with Crippen LogP contribution in [0.25, 0.3) is 0 Å². The monoisotopic (exact) mass is 580 g/mol. The summed E-state index contributed by atoms with van der Waals surface area (Å²) in [6, 6.07) is -2.36. The van der Waals surface area contributed by atoms with Gasteiger partial charge in [0, 0.05) is 6.54 Å². The van der Waals surface area contributed by atoms with Crippen molar-refractivity contribution in [3.8, 4) is 0 Å². The third-order valence-electron chi connectivity index (χ3n) is 7.22. The van der Waals surface area contributed by atoms with E-state index in [0.717, 1.165) is 12.0 Å². The van der Waals surface area contributed by atoms with Gasteiger partial charge in [0.05, 0.1) is 39.3 Å². The molecule has 0 aromatic carbocycles. The SMILES string of the molecule is CCCC[N+](CCCC)(CCCC)CCCC.COC(=O)NNC(=O)[C@@H]1CC[C@@H]2CN1C(=O)N2OS(=O)(=O)O. The van der Waals surface area contributed by atoms with Gasteiger partial charge in [-0.15, -0.1) is 4.28 Å². The lowest BCUT2D eigenvalue weighted by Crippen LogP contribution is -2.54. The average molecular weight is 581 g/mol. The van der Waals surface area contributed by atoms with Gasteiger partial charge >= 0.3 is 22.5 Å². The molecule has 4 amide bonds. The largest absolute Gasteiger partial charge is 0.452 e. The summed E-state index contributed by atoms with van der Waals surface area (Å²) in [5.41, 5.74) is 4.06. The van der Waals surface area contributed by atoms with Crippen molar-refractivity contribution in [2.75, 3.05) is 39.8 Å². The standard InChI is InChI=1S/C16H36N.C9H14N4O8S/c1-5-9-13-17(14-10-6-2,15-11-7-3)16-12-8-4;1-20-8(15)11-10-7(14)6-3-2-5-4-12(6)9(16)13(5)21-22(17,18)19/h5-16H2,1-4H3;5-6H,2-4H2,1H3,(H,10,14)(H,11,15)(H,17,18,19)/q+1;/t;5-,6+/m.1/s1. The highest BCUT2D eigenvalue weighted by Crippen LogP contribution is 2.30. The number of piperidine rings is 1. The van der Waals surface area contributed by atoms with Crippen LogP contribution in [0, 0.1) is 0 Å². The highest BCUT2D eigenvalue weighted by Gasteiger charge is 2.49. The first-order valence-corrected chi connectivity index (χ1v) is 15.6. The number of hydrogen-bond acceptors (Lipinski definition) is 7. The quantitative estimate of drug-likeness (QED) is 0.151. The minimum absolute atomic E-state index is 0.0602. The Labute approximate surface area is 234 Å². The lowest BCUT2D eigenvalue weighted by molar-refractivity contribution is -0.929. The van der Waals surface area contributed by atoms with Crippen LogP contribution in [0.15, 0.2) is 0 Å². The summed E-state index contributed by atoms with van der Waals surface area (Å²) in [5.74, 6) is -0.661. The van der Waals surface area contributed by atoms with Crippen LogP contribution in [0.5, 0.6) is 0 Å². The highest BCUT2D eigenvalue weighted by molar-refractivity contribution is 7.80. The van der Waals surface area contributed by atoms with Crippen molar-refractivity contribution in [2.45, 2.75) is 104 Å². The molecule has 0 aromatic heterocycles. The fourth-order valence-electron chi connectivity index (χ4n) is 5.00. The van der Waals surface area contributed by atoms with E-state index in [4.69, 9.17) is 4.55 Å². The van der Waals surface area contributed by atoms with Crippen molar-refractivity contribution in [3.05, 3.63) is 0 Å². The van der Waals surface area contributed by atoms with Crippen LogP contribution in [0.1, 0.15) is 91.9 Å². The molecule has 14 heteroatoms. The zero-order chi connectivity index (χ0) is 29.5. The molecule has 2 fully saturated rings. The van der Waals surface area contributed by atoms with E-state index in [2.05, 4.69) is 42.1 Å². The molecule has 0 aromatic rings. The second-order valence-electron chi connectivity index (χ2n) is 10.3. The minimum Gasteiger partial charge on any atom is -0.452 e. The highest BCUT2D eigenvalue weighted by atomic mass is 32.3. The van der Waals surface area contributed by atoms with Crippen molar-refractivity contribution in [3.63, 3.8) is 0 Å². The number of nitrogens with one attached hydrogen (secondary N) is 2. The van der Waals surface area contributed by atoms with Crippen molar-refractivity contribution in [1.82, 2.24) is 20.8 Å². The van der Waals surface area contributed by atoms with Crippen molar-refractivity contribution >= 4 is 28.4 Å². The summed E-state index contributed by atoms with van der Waals surface area (Å²) in [6.45, 7) is 15.1. The number of unbranched alkanes of at least 4 members (excludes halogenated alkanes) is 4. The second kappa shape index (κ2) is 17.5. The van der Waals surface area contributed by atoms with Crippen LogP contribution in [0.4, 0.5) is 9.59 Å². The number of quaternary nitrogens is 1. The van der Waals surface area contributed by atoms with Gasteiger partial charge in [-0.2, -0.15) is 13.5 Å². The number of amides is 4. The number of hydrogen-bond donors (Lipinski definition) is 3. The molecule has 13 nitrogen and oxygen atoms in total. The van der Waals surface area contributed by atoms with Gasteiger partial charge in [-0.1, -0.05) is 53.4 Å². The summed E-state index contributed by atoms with van der Waals surface area (Å²) in [5, 5.41) is 0.524. The van der Waals surface area contributed by atoms with Crippen LogP contribution in [-0.4, -0.2) is 97.4 Å². The molecule has 0 saturated carbocycles. The molecule has 2 bridgehead atoms. The molecular formula is C25H50N5O8S+. The molecule has 2 atom stereocenters. The maximum absolute atomic E-state index is 12.0. The number of ether oxygens (including phenoxy) is 1. The van der Waals surface area contributed by atoms with Gasteiger partial charge in [-0.3, -0.25) is 14.8 Å². The maximum Gasteiger partial charge on any atom is 0.425 e. The van der Waals surface area contributed by atoms with Gasteiger partial charge in [0.2, 0.25) is 0 Å². The maximum atomic E-state index is 12.0. The van der Waals surface area contributed by atoms with Gasteiger partial charge in [-0.05, 0) is 38.5 Å². The van der Waals surface area contributed by atoms with E-state index in [1.165, 1.54) is 82.0 Å². The molecule has 2 aliphatic heterocycles. The van der Waals surface area contributed by atoms with Gasteiger partial charge < -0.3 is 14.1 Å². The van der Waals surface area contributed by atoms with Gasteiger partial charge in [0.25, 0.3) is 5.91 Å². The van der Waals surface area contributed by atoms with Crippen LogP contribution in [0.3, 0.4) is 0 Å². The Morgan fingerprint density at radius 1 is 0.923 bits per heavy atom. The number of fused-ring (bicyclic) bond motifs is 2. The topological polar surface area (TPSA) is 155 Å². The third-order valence-corrected chi connectivity index (χ3v) is 7.57. The van der Waals surface area contributed by atoms with E-state index >= 15 is 0 Å². The smallest absolute Gasteiger partial charge is 0.425 e. The average Bonchev–Trinajstić information content (AvgIpc) is 3.14. The second-order valence-corrected chi connectivity index (χ2v) is 11.3. The molecule has 0 radical (unpaired) electrons. The molecule has 0 aliphatic carbocycles. The number of rotatable bonds is 15. The third kappa shape index (κ3) is 11.9. The Morgan fingerprint density at radius 2 is 1.41 bits per heavy atom. The van der Waals surface area contributed by atoms with E-state index in [1.54, 1.807) is 0 Å². The Bertz CT molecular complexity index is 835. The Kier molecular flexibility index (Phi) is 15.7. The Balaban J connectivity index is 0.000000406. The van der Waals surface area contributed by atoms with Crippen molar-refractivity contribution in [1.29, 1.82) is 0 Å². The predicted molar refractivity (Wildman–Crippen MR) is 146 cm³/mol. The molecule has 2 heterocycles. The lowest BCUT2D eigenvalue weighted by atomic mass is 10.0. The molecule has 2 rings (SSSR count). The number of carbonyl (C=O) groups is 3. The first kappa shape index (κ1) is 34.9. The molecule has 3 N–H and O–H groups in total. The number of carbonyl (C=O) groups excluding carboxylic acids is 3. The predicted octanol–water partition coefficient (Wildman–Crippen LogP) is 3.38. The lowest BCUT2D eigenvalue weighted by Gasteiger charge is -2.39. The molecule has 2 aliphatic rings. The fraction of sp³-hybridized carbons (Fsp3) is 0.880. The van der Waals surface area contributed by atoms with Crippen LogP contribution in [-0.2, 0) is 24.2 Å². The summed E-state index contributed by atoms with van der Waals surface area (Å²) >= 11 is 0. The van der Waals surface area contributed by atoms with E-state index in [9.17, 15) is 22.8 Å². The normalized spacial score (nSPS) is 18.9. The fourth-order valence-corrected chi connectivity index (χ4v) is 5.38. The summed E-state index contributed by atoms with van der Waals surface area (Å²) in [7, 11) is -3.73. The number of nitrogens with zero attached hydrogens (tertiary/aromatic N) is 3.